The number of furan rings is 2. The number of amides is 2. The van der Waals surface area contributed by atoms with E-state index in [1.54, 1.807) is 24.5 Å². The molecule has 1 aliphatic rings. The zero-order chi connectivity index (χ0) is 19.5. The molecule has 144 valence electrons. The maximum atomic E-state index is 12.6. The van der Waals surface area contributed by atoms with Crippen LogP contribution in [0.15, 0.2) is 49.8 Å². The number of fused-ring (bicyclic) bond motifs is 1. The van der Waals surface area contributed by atoms with Gasteiger partial charge in [-0.1, -0.05) is 6.07 Å². The molecule has 1 aliphatic carbocycles. The summed E-state index contributed by atoms with van der Waals surface area (Å²) in [7, 11) is 0. The summed E-state index contributed by atoms with van der Waals surface area (Å²) in [6.07, 6.45) is 3.86. The van der Waals surface area contributed by atoms with E-state index < -0.39 is 0 Å². The van der Waals surface area contributed by atoms with Crippen molar-refractivity contribution in [2.24, 2.45) is 5.10 Å². The molecule has 0 aliphatic heterocycles. The van der Waals surface area contributed by atoms with Gasteiger partial charge in [0.2, 0.25) is 0 Å². The molecule has 28 heavy (non-hydrogen) atoms. The third kappa shape index (κ3) is 3.63. The minimum atomic E-state index is -0.301. The zero-order valence-electron chi connectivity index (χ0n) is 15.3. The molecule has 3 heterocycles. The molecule has 0 fully saturated rings. The average Bonchev–Trinajstić information content (AvgIpc) is 3.45. The van der Waals surface area contributed by atoms with Crippen LogP contribution in [-0.2, 0) is 13.0 Å². The molecule has 0 aromatic carbocycles. The second-order valence-electron chi connectivity index (χ2n) is 6.45. The fourth-order valence-electron chi connectivity index (χ4n) is 3.24. The molecule has 0 spiro atoms. The van der Waals surface area contributed by atoms with Gasteiger partial charge in [0, 0.05) is 17.5 Å². The minimum Gasteiger partial charge on any atom is -0.467 e. The number of hydrogen-bond acceptors (Lipinski definition) is 6. The van der Waals surface area contributed by atoms with Crippen LogP contribution in [0.5, 0.6) is 0 Å². The summed E-state index contributed by atoms with van der Waals surface area (Å²) in [6.45, 7) is 2.13. The van der Waals surface area contributed by atoms with Gasteiger partial charge in [-0.3, -0.25) is 9.59 Å². The standard InChI is InChI=1S/C20H19N3O4S/c1-12-17-14(22-23-19(24)16-8-4-10-28-16)6-2-7-15(17)27-18(12)20(25)21-11-13-5-3-9-26-13/h3-5,8-10H,2,6-7,11H2,1H3,(H,21,25)(H,23,24)/b22-14+. The number of carbonyl (C=O) groups is 2. The first-order valence-electron chi connectivity index (χ1n) is 8.97. The lowest BCUT2D eigenvalue weighted by Gasteiger charge is -2.13. The Hall–Kier alpha value is -3.13. The number of nitrogens with zero attached hydrogens (tertiary/aromatic N) is 1. The fraction of sp³-hybridized carbons (Fsp3) is 0.250. The van der Waals surface area contributed by atoms with E-state index in [0.29, 0.717) is 17.1 Å². The zero-order valence-corrected chi connectivity index (χ0v) is 16.1. The lowest BCUT2D eigenvalue weighted by atomic mass is 9.93. The van der Waals surface area contributed by atoms with Crippen molar-refractivity contribution in [2.75, 3.05) is 0 Å². The highest BCUT2D eigenvalue weighted by molar-refractivity contribution is 7.12. The van der Waals surface area contributed by atoms with E-state index in [0.717, 1.165) is 35.4 Å². The van der Waals surface area contributed by atoms with E-state index >= 15 is 0 Å². The predicted octanol–water partition coefficient (Wildman–Crippen LogP) is 3.64. The molecule has 0 radical (unpaired) electrons. The highest BCUT2D eigenvalue weighted by atomic mass is 32.1. The van der Waals surface area contributed by atoms with Gasteiger partial charge in [-0.05, 0) is 43.3 Å². The van der Waals surface area contributed by atoms with E-state index in [2.05, 4.69) is 15.8 Å². The van der Waals surface area contributed by atoms with E-state index in [9.17, 15) is 9.59 Å². The Morgan fingerprint density at radius 2 is 2.11 bits per heavy atom. The largest absolute Gasteiger partial charge is 0.467 e. The molecule has 0 atom stereocenters. The van der Waals surface area contributed by atoms with Crippen molar-refractivity contribution >= 4 is 28.9 Å². The third-order valence-electron chi connectivity index (χ3n) is 4.57. The van der Waals surface area contributed by atoms with Crippen LogP contribution in [0.4, 0.5) is 0 Å². The third-order valence-corrected chi connectivity index (χ3v) is 5.44. The molecule has 4 rings (SSSR count). The Morgan fingerprint density at radius 3 is 2.86 bits per heavy atom. The summed E-state index contributed by atoms with van der Waals surface area (Å²) in [5.41, 5.74) is 4.90. The number of hydrogen-bond donors (Lipinski definition) is 2. The number of thiophene rings is 1. The van der Waals surface area contributed by atoms with Gasteiger partial charge in [0.15, 0.2) is 5.76 Å². The van der Waals surface area contributed by atoms with E-state index in [1.165, 1.54) is 11.3 Å². The lowest BCUT2D eigenvalue weighted by Crippen LogP contribution is -2.23. The summed E-state index contributed by atoms with van der Waals surface area (Å²) >= 11 is 1.36. The van der Waals surface area contributed by atoms with Crippen LogP contribution in [-0.4, -0.2) is 17.5 Å². The second-order valence-corrected chi connectivity index (χ2v) is 7.39. The number of aryl methyl sites for hydroxylation is 1. The molecule has 0 saturated carbocycles. The normalized spacial score (nSPS) is 14.7. The van der Waals surface area contributed by atoms with Gasteiger partial charge in [0.05, 0.1) is 23.4 Å². The molecule has 3 aromatic rings. The van der Waals surface area contributed by atoms with Crippen molar-refractivity contribution < 1.29 is 18.4 Å². The maximum absolute atomic E-state index is 12.6. The van der Waals surface area contributed by atoms with Gasteiger partial charge < -0.3 is 14.2 Å². The van der Waals surface area contributed by atoms with Crippen LogP contribution >= 0.6 is 11.3 Å². The van der Waals surface area contributed by atoms with Crippen LogP contribution in [0, 0.1) is 6.92 Å². The molecule has 2 N–H and O–H groups in total. The van der Waals surface area contributed by atoms with Crippen LogP contribution < -0.4 is 10.7 Å². The highest BCUT2D eigenvalue weighted by Gasteiger charge is 2.28. The second kappa shape index (κ2) is 7.85. The van der Waals surface area contributed by atoms with Crippen LogP contribution in [0.1, 0.15) is 55.7 Å². The van der Waals surface area contributed by atoms with Crippen molar-refractivity contribution in [2.45, 2.75) is 32.7 Å². The van der Waals surface area contributed by atoms with Crippen LogP contribution in [0.25, 0.3) is 0 Å². The first-order chi connectivity index (χ1) is 13.6. The highest BCUT2D eigenvalue weighted by Crippen LogP contribution is 2.30. The van der Waals surface area contributed by atoms with Crippen molar-refractivity contribution in [1.29, 1.82) is 0 Å². The van der Waals surface area contributed by atoms with Crippen molar-refractivity contribution in [3.05, 3.63) is 69.2 Å². The number of carbonyl (C=O) groups excluding carboxylic acids is 2. The smallest absolute Gasteiger partial charge is 0.287 e. The summed E-state index contributed by atoms with van der Waals surface area (Å²) in [5, 5.41) is 8.96. The average molecular weight is 397 g/mol. The molecule has 3 aromatic heterocycles. The lowest BCUT2D eigenvalue weighted by molar-refractivity contribution is 0.0916. The van der Waals surface area contributed by atoms with Crippen molar-refractivity contribution in [3.8, 4) is 0 Å². The quantitative estimate of drug-likeness (QED) is 0.642. The molecule has 2 amide bonds. The van der Waals surface area contributed by atoms with Crippen molar-refractivity contribution in [3.63, 3.8) is 0 Å². The van der Waals surface area contributed by atoms with E-state index in [1.807, 2.05) is 18.4 Å². The Kier molecular flexibility index (Phi) is 5.12. The fourth-order valence-corrected chi connectivity index (χ4v) is 3.85. The van der Waals surface area contributed by atoms with Gasteiger partial charge in [0.1, 0.15) is 11.5 Å². The molecule has 7 nitrogen and oxygen atoms in total. The molecule has 0 bridgehead atoms. The SMILES string of the molecule is Cc1c(C(=O)NCc2ccco2)oc2c1/C(=N/NC(=O)c1cccs1)CCC2. The van der Waals surface area contributed by atoms with Gasteiger partial charge in [-0.15, -0.1) is 11.3 Å². The number of hydrazone groups is 1. The molecule has 0 unspecified atom stereocenters. The van der Waals surface area contributed by atoms with Gasteiger partial charge in [-0.2, -0.15) is 5.10 Å². The topological polar surface area (TPSA) is 96.8 Å². The van der Waals surface area contributed by atoms with Gasteiger partial charge in [0.25, 0.3) is 11.8 Å². The molecule has 8 heteroatoms. The van der Waals surface area contributed by atoms with Gasteiger partial charge >= 0.3 is 0 Å². The summed E-state index contributed by atoms with van der Waals surface area (Å²) in [5.74, 6) is 1.13. The first kappa shape index (κ1) is 18.2. The summed E-state index contributed by atoms with van der Waals surface area (Å²) in [6, 6.07) is 7.13. The number of rotatable bonds is 5. The first-order valence-corrected chi connectivity index (χ1v) is 9.85. The van der Waals surface area contributed by atoms with Crippen LogP contribution in [0.2, 0.25) is 0 Å². The van der Waals surface area contributed by atoms with E-state index in [-0.39, 0.29) is 24.1 Å². The molecule has 0 saturated heterocycles. The van der Waals surface area contributed by atoms with E-state index in [4.69, 9.17) is 8.83 Å². The van der Waals surface area contributed by atoms with Gasteiger partial charge in [-0.25, -0.2) is 5.43 Å². The van der Waals surface area contributed by atoms with Crippen molar-refractivity contribution in [1.82, 2.24) is 10.7 Å². The maximum Gasteiger partial charge on any atom is 0.287 e. The molecular weight excluding hydrogens is 378 g/mol. The Morgan fingerprint density at radius 1 is 1.21 bits per heavy atom. The summed E-state index contributed by atoms with van der Waals surface area (Å²) in [4.78, 5) is 25.3. The summed E-state index contributed by atoms with van der Waals surface area (Å²) < 4.78 is 11.1. The Labute approximate surface area is 165 Å². The predicted molar refractivity (Wildman–Crippen MR) is 105 cm³/mol. The minimum absolute atomic E-state index is 0.243. The monoisotopic (exact) mass is 397 g/mol. The Balaban J connectivity index is 1.53. The Bertz CT molecular complexity index is 1020. The molecular formula is C20H19N3O4S. The van der Waals surface area contributed by atoms with Crippen LogP contribution in [0.3, 0.4) is 0 Å². The number of nitrogens with one attached hydrogen (secondary N) is 2.